The van der Waals surface area contributed by atoms with Crippen molar-refractivity contribution in [2.75, 3.05) is 13.1 Å². The third-order valence-electron chi connectivity index (χ3n) is 4.95. The second kappa shape index (κ2) is 5.74. The average Bonchev–Trinajstić information content (AvgIpc) is 2.88. The lowest BCUT2D eigenvalue weighted by atomic mass is 9.76. The fraction of sp³-hybridized carbons (Fsp3) is 0.733. The average molecular weight is 313 g/mol. The number of aliphatic hydroxyl groups excluding tert-OH is 1. The van der Waals surface area contributed by atoms with Gasteiger partial charge < -0.3 is 9.52 Å². The first-order valence-electron chi connectivity index (χ1n) is 7.72. The molecule has 1 saturated carbocycles. The van der Waals surface area contributed by atoms with Crippen LogP contribution < -0.4 is 0 Å². The van der Waals surface area contributed by atoms with E-state index in [-0.39, 0.29) is 11.5 Å². The van der Waals surface area contributed by atoms with Crippen molar-refractivity contribution >= 4 is 10.0 Å². The van der Waals surface area contributed by atoms with Crippen LogP contribution in [0.4, 0.5) is 0 Å². The monoisotopic (exact) mass is 313 g/mol. The number of sulfonamides is 1. The normalized spacial score (nSPS) is 27.5. The van der Waals surface area contributed by atoms with Crippen LogP contribution in [0.5, 0.6) is 0 Å². The molecule has 1 aromatic rings. The van der Waals surface area contributed by atoms with Crippen molar-refractivity contribution in [3.8, 4) is 0 Å². The van der Waals surface area contributed by atoms with E-state index in [4.69, 9.17) is 9.52 Å². The summed E-state index contributed by atoms with van der Waals surface area (Å²) in [6.45, 7) is 2.59. The van der Waals surface area contributed by atoms with Crippen LogP contribution in [0.25, 0.3) is 0 Å². The standard InChI is InChI=1S/C15H23NO4S/c1-11-15(8-14(10-17)20-11)21(18,19)16-7-6-12-4-2-3-5-13(12)9-16/h8,12-13,17H,2-7,9-10H2,1H3. The maximum absolute atomic E-state index is 12.8. The zero-order chi connectivity index (χ0) is 15.0. The molecule has 118 valence electrons. The summed E-state index contributed by atoms with van der Waals surface area (Å²) in [5, 5.41) is 9.10. The van der Waals surface area contributed by atoms with Crippen molar-refractivity contribution in [2.24, 2.45) is 11.8 Å². The lowest BCUT2D eigenvalue weighted by Gasteiger charge is -2.40. The zero-order valence-corrected chi connectivity index (χ0v) is 13.2. The highest BCUT2D eigenvalue weighted by atomic mass is 32.2. The minimum atomic E-state index is -3.50. The Hall–Kier alpha value is -0.850. The van der Waals surface area contributed by atoms with Gasteiger partial charge in [-0.2, -0.15) is 4.31 Å². The van der Waals surface area contributed by atoms with Crippen LogP contribution in [0, 0.1) is 18.8 Å². The molecule has 21 heavy (non-hydrogen) atoms. The van der Waals surface area contributed by atoms with E-state index >= 15 is 0 Å². The second-order valence-electron chi connectivity index (χ2n) is 6.25. The van der Waals surface area contributed by atoms with E-state index in [1.807, 2.05) is 0 Å². The Kier molecular flexibility index (Phi) is 4.12. The van der Waals surface area contributed by atoms with Gasteiger partial charge in [0.05, 0.1) is 0 Å². The van der Waals surface area contributed by atoms with Gasteiger partial charge in [-0.3, -0.25) is 0 Å². The van der Waals surface area contributed by atoms with Crippen LogP contribution in [-0.2, 0) is 16.6 Å². The lowest BCUT2D eigenvalue weighted by Crippen LogP contribution is -2.44. The molecule has 0 spiro atoms. The molecule has 2 atom stereocenters. The van der Waals surface area contributed by atoms with Gasteiger partial charge in [-0.05, 0) is 31.6 Å². The minimum Gasteiger partial charge on any atom is -0.462 e. The summed E-state index contributed by atoms with van der Waals surface area (Å²) in [6.07, 6.45) is 5.86. The molecular formula is C15H23NO4S. The van der Waals surface area contributed by atoms with Crippen molar-refractivity contribution in [1.29, 1.82) is 0 Å². The third kappa shape index (κ3) is 2.76. The van der Waals surface area contributed by atoms with Gasteiger partial charge in [0.1, 0.15) is 23.0 Å². The highest BCUT2D eigenvalue weighted by molar-refractivity contribution is 7.89. The van der Waals surface area contributed by atoms with Crippen LogP contribution >= 0.6 is 0 Å². The number of rotatable bonds is 3. The number of piperidine rings is 1. The van der Waals surface area contributed by atoms with Gasteiger partial charge in [-0.25, -0.2) is 8.42 Å². The Morgan fingerprint density at radius 2 is 2.00 bits per heavy atom. The Bertz CT molecular complexity index is 607. The topological polar surface area (TPSA) is 70.8 Å². The van der Waals surface area contributed by atoms with Gasteiger partial charge in [0, 0.05) is 19.2 Å². The SMILES string of the molecule is Cc1oc(CO)cc1S(=O)(=O)N1CCC2CCCCC2C1. The molecule has 1 aromatic heterocycles. The first kappa shape index (κ1) is 15.1. The van der Waals surface area contributed by atoms with Crippen LogP contribution in [0.1, 0.15) is 43.6 Å². The summed E-state index contributed by atoms with van der Waals surface area (Å²) in [7, 11) is -3.50. The third-order valence-corrected chi connectivity index (χ3v) is 6.92. The van der Waals surface area contributed by atoms with Gasteiger partial charge in [0.25, 0.3) is 0 Å². The number of furan rings is 1. The smallest absolute Gasteiger partial charge is 0.246 e. The fourth-order valence-electron chi connectivity index (χ4n) is 3.78. The van der Waals surface area contributed by atoms with E-state index in [1.165, 1.54) is 25.3 Å². The molecule has 2 fully saturated rings. The molecule has 0 aromatic carbocycles. The number of fused-ring (bicyclic) bond motifs is 1. The molecule has 1 saturated heterocycles. The van der Waals surface area contributed by atoms with Crippen molar-refractivity contribution in [1.82, 2.24) is 4.31 Å². The van der Waals surface area contributed by atoms with E-state index < -0.39 is 10.0 Å². The first-order valence-corrected chi connectivity index (χ1v) is 9.16. The number of hydrogen-bond donors (Lipinski definition) is 1. The fourth-order valence-corrected chi connectivity index (χ4v) is 5.48. The Morgan fingerprint density at radius 1 is 1.29 bits per heavy atom. The maximum Gasteiger partial charge on any atom is 0.246 e. The molecule has 2 heterocycles. The van der Waals surface area contributed by atoms with E-state index in [0.717, 1.165) is 12.8 Å². The van der Waals surface area contributed by atoms with Crippen LogP contribution in [-0.4, -0.2) is 30.9 Å². The van der Waals surface area contributed by atoms with Crippen molar-refractivity contribution in [3.63, 3.8) is 0 Å². The highest BCUT2D eigenvalue weighted by Crippen LogP contribution is 2.38. The summed E-state index contributed by atoms with van der Waals surface area (Å²) in [4.78, 5) is 0.209. The van der Waals surface area contributed by atoms with E-state index in [1.54, 1.807) is 11.2 Å². The van der Waals surface area contributed by atoms with Crippen LogP contribution in [0.3, 0.4) is 0 Å². The lowest BCUT2D eigenvalue weighted by molar-refractivity contribution is 0.136. The molecule has 0 bridgehead atoms. The number of aliphatic hydroxyl groups is 1. The number of hydrogen-bond acceptors (Lipinski definition) is 4. The molecule has 2 aliphatic rings. The molecule has 1 aliphatic carbocycles. The molecule has 1 aliphatic heterocycles. The van der Waals surface area contributed by atoms with Crippen LogP contribution in [0.2, 0.25) is 0 Å². The molecule has 0 radical (unpaired) electrons. The maximum atomic E-state index is 12.8. The predicted octanol–water partition coefficient (Wildman–Crippen LogP) is 2.28. The molecule has 5 nitrogen and oxygen atoms in total. The Labute approximate surface area is 126 Å². The molecule has 2 unspecified atom stereocenters. The largest absolute Gasteiger partial charge is 0.462 e. The van der Waals surface area contributed by atoms with Crippen molar-refractivity contribution in [3.05, 3.63) is 17.6 Å². The van der Waals surface area contributed by atoms with Crippen LogP contribution in [0.15, 0.2) is 15.4 Å². The van der Waals surface area contributed by atoms with E-state index in [9.17, 15) is 8.42 Å². The van der Waals surface area contributed by atoms with Crippen molar-refractivity contribution in [2.45, 2.75) is 50.5 Å². The van der Waals surface area contributed by atoms with Gasteiger partial charge >= 0.3 is 0 Å². The van der Waals surface area contributed by atoms with Gasteiger partial charge in [-0.1, -0.05) is 19.3 Å². The second-order valence-corrected chi connectivity index (χ2v) is 8.15. The quantitative estimate of drug-likeness (QED) is 0.929. The first-order chi connectivity index (χ1) is 10.0. The van der Waals surface area contributed by atoms with E-state index in [2.05, 4.69) is 0 Å². The van der Waals surface area contributed by atoms with E-state index in [0.29, 0.717) is 36.4 Å². The molecule has 3 rings (SSSR count). The Morgan fingerprint density at radius 3 is 2.67 bits per heavy atom. The van der Waals surface area contributed by atoms with Gasteiger partial charge in [0.15, 0.2) is 0 Å². The number of nitrogens with zero attached hydrogens (tertiary/aromatic N) is 1. The summed E-state index contributed by atoms with van der Waals surface area (Å²) in [5.41, 5.74) is 0. The molecule has 6 heteroatoms. The summed E-state index contributed by atoms with van der Waals surface area (Å²) >= 11 is 0. The van der Waals surface area contributed by atoms with Crippen molar-refractivity contribution < 1.29 is 17.9 Å². The van der Waals surface area contributed by atoms with Gasteiger partial charge in [-0.15, -0.1) is 0 Å². The van der Waals surface area contributed by atoms with Gasteiger partial charge in [0.2, 0.25) is 10.0 Å². The molecular weight excluding hydrogens is 290 g/mol. The molecule has 1 N–H and O–H groups in total. The molecule has 0 amide bonds. The Balaban J connectivity index is 1.83. The number of aryl methyl sites for hydroxylation is 1. The highest BCUT2D eigenvalue weighted by Gasteiger charge is 2.37. The zero-order valence-electron chi connectivity index (χ0n) is 12.4. The summed E-state index contributed by atoms with van der Waals surface area (Å²) in [5.74, 6) is 1.87. The summed E-state index contributed by atoms with van der Waals surface area (Å²) in [6, 6.07) is 1.46. The predicted molar refractivity (Wildman–Crippen MR) is 78.2 cm³/mol. The summed E-state index contributed by atoms with van der Waals surface area (Å²) < 4.78 is 32.5. The minimum absolute atomic E-state index is 0.209.